The lowest BCUT2D eigenvalue weighted by atomic mass is 9.72. The number of nitrogens with one attached hydrogen (secondary N) is 1. The third-order valence-corrected chi connectivity index (χ3v) is 5.55. The van der Waals surface area contributed by atoms with Crippen LogP contribution in [-0.4, -0.2) is 13.1 Å². The highest BCUT2D eigenvalue weighted by Gasteiger charge is 2.28. The molecule has 0 saturated carbocycles. The molecule has 0 bridgehead atoms. The van der Waals surface area contributed by atoms with E-state index in [4.69, 9.17) is 0 Å². The highest BCUT2D eigenvalue weighted by Crippen LogP contribution is 2.43. The van der Waals surface area contributed by atoms with E-state index < -0.39 is 0 Å². The minimum Gasteiger partial charge on any atom is -0.316 e. The van der Waals surface area contributed by atoms with Crippen molar-refractivity contribution in [3.05, 3.63) is 71.3 Å². The molecular formula is C24H33N. The Hall–Kier alpha value is -1.60. The quantitative estimate of drug-likeness (QED) is 0.591. The summed E-state index contributed by atoms with van der Waals surface area (Å²) in [5, 5.41) is 3.61. The zero-order chi connectivity index (χ0) is 17.5. The Balaban J connectivity index is 1.74. The van der Waals surface area contributed by atoms with E-state index in [9.17, 15) is 0 Å². The summed E-state index contributed by atoms with van der Waals surface area (Å²) in [5.41, 5.74) is 4.71. The number of benzene rings is 2. The molecule has 2 atom stereocenters. The third-order valence-electron chi connectivity index (χ3n) is 5.55. The lowest BCUT2D eigenvalue weighted by molar-refractivity contribution is 0.426. The Morgan fingerprint density at radius 3 is 2.56 bits per heavy atom. The number of fused-ring (bicyclic) bond motifs is 1. The van der Waals surface area contributed by atoms with Crippen LogP contribution in [0, 0.1) is 5.92 Å². The highest BCUT2D eigenvalue weighted by molar-refractivity contribution is 5.36. The zero-order valence-electron chi connectivity index (χ0n) is 15.9. The molecule has 0 amide bonds. The maximum absolute atomic E-state index is 3.61. The molecule has 1 N–H and O–H groups in total. The molecule has 3 rings (SSSR count). The molecule has 2 aromatic rings. The fourth-order valence-corrected chi connectivity index (χ4v) is 4.35. The number of aryl methyl sites for hydroxylation is 1. The number of rotatable bonds is 8. The van der Waals surface area contributed by atoms with E-state index in [0.29, 0.717) is 11.8 Å². The van der Waals surface area contributed by atoms with Crippen molar-refractivity contribution in [1.29, 1.82) is 0 Å². The van der Waals surface area contributed by atoms with Gasteiger partial charge in [0.2, 0.25) is 0 Å². The summed E-state index contributed by atoms with van der Waals surface area (Å²) in [7, 11) is 0. The van der Waals surface area contributed by atoms with Gasteiger partial charge in [-0.25, -0.2) is 0 Å². The van der Waals surface area contributed by atoms with E-state index >= 15 is 0 Å². The summed E-state index contributed by atoms with van der Waals surface area (Å²) in [4.78, 5) is 0. The van der Waals surface area contributed by atoms with E-state index in [1.807, 2.05) is 0 Å². The average molecular weight is 336 g/mol. The van der Waals surface area contributed by atoms with Crippen LogP contribution in [0.5, 0.6) is 0 Å². The van der Waals surface area contributed by atoms with Crippen LogP contribution in [0.2, 0.25) is 0 Å². The van der Waals surface area contributed by atoms with Crippen LogP contribution in [0.25, 0.3) is 0 Å². The van der Waals surface area contributed by atoms with Gasteiger partial charge in [-0.15, -0.1) is 0 Å². The van der Waals surface area contributed by atoms with Gasteiger partial charge in [-0.1, -0.05) is 68.4 Å². The lowest BCUT2D eigenvalue weighted by Crippen LogP contribution is -2.22. The molecule has 134 valence electrons. The van der Waals surface area contributed by atoms with Gasteiger partial charge in [-0.2, -0.15) is 0 Å². The van der Waals surface area contributed by atoms with Crippen molar-refractivity contribution in [3.8, 4) is 0 Å². The molecule has 0 aliphatic heterocycles. The standard InChI is InChI=1S/C24H33N/c1-19(2)18-25-17-9-16-23(20-10-4-3-5-11-20)24-15-8-13-21-12-6-7-14-22(21)24/h3-7,10-12,14,19,23-25H,8-9,13,15-18H2,1-2H3. The van der Waals surface area contributed by atoms with Gasteiger partial charge in [-0.05, 0) is 79.6 Å². The van der Waals surface area contributed by atoms with Crippen LogP contribution >= 0.6 is 0 Å². The largest absolute Gasteiger partial charge is 0.316 e. The molecule has 0 radical (unpaired) electrons. The fourth-order valence-electron chi connectivity index (χ4n) is 4.35. The van der Waals surface area contributed by atoms with Crippen molar-refractivity contribution < 1.29 is 0 Å². The Morgan fingerprint density at radius 2 is 1.76 bits per heavy atom. The van der Waals surface area contributed by atoms with E-state index in [1.54, 1.807) is 11.1 Å². The first-order valence-corrected chi connectivity index (χ1v) is 10.1. The Bertz CT molecular complexity index is 632. The van der Waals surface area contributed by atoms with E-state index in [-0.39, 0.29) is 0 Å². The van der Waals surface area contributed by atoms with Crippen LogP contribution in [0.3, 0.4) is 0 Å². The molecule has 1 nitrogen and oxygen atoms in total. The summed E-state index contributed by atoms with van der Waals surface area (Å²) in [6.07, 6.45) is 6.44. The molecule has 0 aromatic heterocycles. The van der Waals surface area contributed by atoms with Gasteiger partial charge in [0.1, 0.15) is 0 Å². The first-order valence-electron chi connectivity index (χ1n) is 10.1. The van der Waals surface area contributed by atoms with Crippen molar-refractivity contribution in [2.45, 2.75) is 57.8 Å². The van der Waals surface area contributed by atoms with Gasteiger partial charge in [0.25, 0.3) is 0 Å². The fraction of sp³-hybridized carbons (Fsp3) is 0.500. The third kappa shape index (κ3) is 4.95. The number of hydrogen-bond acceptors (Lipinski definition) is 1. The van der Waals surface area contributed by atoms with Crippen LogP contribution in [0.4, 0.5) is 0 Å². The monoisotopic (exact) mass is 335 g/mol. The van der Waals surface area contributed by atoms with Crippen LogP contribution in [0.15, 0.2) is 54.6 Å². The average Bonchev–Trinajstić information content (AvgIpc) is 2.65. The summed E-state index contributed by atoms with van der Waals surface area (Å²) in [6.45, 7) is 6.82. The second-order valence-electron chi connectivity index (χ2n) is 7.95. The molecule has 0 spiro atoms. The van der Waals surface area contributed by atoms with Gasteiger partial charge in [0.05, 0.1) is 0 Å². The first kappa shape index (κ1) is 18.2. The number of hydrogen-bond donors (Lipinski definition) is 1. The zero-order valence-corrected chi connectivity index (χ0v) is 15.9. The van der Waals surface area contributed by atoms with Crippen LogP contribution < -0.4 is 5.32 Å². The van der Waals surface area contributed by atoms with E-state index in [0.717, 1.165) is 19.0 Å². The smallest absolute Gasteiger partial charge is 0.00258 e. The van der Waals surface area contributed by atoms with Crippen molar-refractivity contribution >= 4 is 0 Å². The minimum absolute atomic E-state index is 0.642. The maximum Gasteiger partial charge on any atom is -0.00258 e. The molecule has 2 aromatic carbocycles. The summed E-state index contributed by atoms with van der Waals surface area (Å²) in [6, 6.07) is 20.4. The van der Waals surface area contributed by atoms with E-state index in [1.165, 1.54) is 37.7 Å². The SMILES string of the molecule is CC(C)CNCCCC(c1ccccc1)C1CCCc2ccccc21. The molecule has 1 heteroatoms. The molecule has 0 fully saturated rings. The van der Waals surface area contributed by atoms with E-state index in [2.05, 4.69) is 73.8 Å². The lowest BCUT2D eigenvalue weighted by Gasteiger charge is -2.33. The van der Waals surface area contributed by atoms with Crippen LogP contribution in [-0.2, 0) is 6.42 Å². The molecule has 1 aliphatic carbocycles. The summed E-state index contributed by atoms with van der Waals surface area (Å²) < 4.78 is 0. The summed E-state index contributed by atoms with van der Waals surface area (Å²) >= 11 is 0. The van der Waals surface area contributed by atoms with Crippen LogP contribution in [0.1, 0.15) is 68.1 Å². The maximum atomic E-state index is 3.61. The van der Waals surface area contributed by atoms with Gasteiger partial charge in [0, 0.05) is 0 Å². The second kappa shape index (κ2) is 9.20. The molecule has 25 heavy (non-hydrogen) atoms. The molecule has 0 saturated heterocycles. The Labute approximate surface area is 153 Å². The highest BCUT2D eigenvalue weighted by atomic mass is 14.8. The van der Waals surface area contributed by atoms with Crippen molar-refractivity contribution in [2.24, 2.45) is 5.92 Å². The minimum atomic E-state index is 0.642. The topological polar surface area (TPSA) is 12.0 Å². The molecule has 2 unspecified atom stereocenters. The van der Waals surface area contributed by atoms with Gasteiger partial charge in [-0.3, -0.25) is 0 Å². The van der Waals surface area contributed by atoms with Gasteiger partial charge >= 0.3 is 0 Å². The molecule has 1 aliphatic rings. The Morgan fingerprint density at radius 1 is 1.00 bits per heavy atom. The summed E-state index contributed by atoms with van der Waals surface area (Å²) in [5.74, 6) is 2.05. The molecular weight excluding hydrogens is 302 g/mol. The molecule has 0 heterocycles. The van der Waals surface area contributed by atoms with Crippen molar-refractivity contribution in [2.75, 3.05) is 13.1 Å². The normalized spacial score (nSPS) is 18.1. The van der Waals surface area contributed by atoms with Gasteiger partial charge < -0.3 is 5.32 Å². The Kier molecular flexibility index (Phi) is 6.69. The van der Waals surface area contributed by atoms with Crippen molar-refractivity contribution in [3.63, 3.8) is 0 Å². The predicted molar refractivity (Wildman–Crippen MR) is 108 cm³/mol. The van der Waals surface area contributed by atoms with Gasteiger partial charge in [0.15, 0.2) is 0 Å². The second-order valence-corrected chi connectivity index (χ2v) is 7.95. The predicted octanol–water partition coefficient (Wildman–Crippen LogP) is 5.92. The first-order chi connectivity index (χ1) is 12.3. The van der Waals surface area contributed by atoms with Crippen molar-refractivity contribution in [1.82, 2.24) is 5.32 Å².